The topological polar surface area (TPSA) is 54.9 Å². The number of aryl methyl sites for hydroxylation is 1. The van der Waals surface area contributed by atoms with Gasteiger partial charge in [0.2, 0.25) is 5.91 Å². The number of carbonyl (C=O) groups excluding carboxylic acids is 1. The summed E-state index contributed by atoms with van der Waals surface area (Å²) in [7, 11) is 0. The number of benzene rings is 2. The first-order chi connectivity index (χ1) is 13.3. The van der Waals surface area contributed by atoms with E-state index in [4.69, 9.17) is 9.97 Å². The maximum atomic E-state index is 13.8. The Labute approximate surface area is 165 Å². The number of rotatable bonds is 2. The third-order valence-electron chi connectivity index (χ3n) is 7.61. The number of nitrogens with zero attached hydrogens (tertiary/aromatic N) is 2. The van der Waals surface area contributed by atoms with Crippen molar-refractivity contribution in [3.63, 3.8) is 0 Å². The first-order valence-electron chi connectivity index (χ1n) is 9.95. The summed E-state index contributed by atoms with van der Waals surface area (Å²) in [5, 5.41) is 3.20. The predicted octanol–water partition coefficient (Wildman–Crippen LogP) is 4.91. The number of anilines is 1. The summed E-state index contributed by atoms with van der Waals surface area (Å²) in [5.41, 5.74) is 4.50. The van der Waals surface area contributed by atoms with Crippen LogP contribution in [0.3, 0.4) is 0 Å². The van der Waals surface area contributed by atoms with Crippen molar-refractivity contribution in [1.82, 2.24) is 9.97 Å². The zero-order valence-corrected chi connectivity index (χ0v) is 16.8. The zero-order chi connectivity index (χ0) is 19.7. The summed E-state index contributed by atoms with van der Waals surface area (Å²) in [6.45, 7) is 8.71. The van der Waals surface area contributed by atoms with Gasteiger partial charge in [-0.05, 0) is 55.0 Å². The van der Waals surface area contributed by atoms with Crippen LogP contribution in [0, 0.1) is 12.3 Å². The number of amides is 1. The third-order valence-corrected chi connectivity index (χ3v) is 7.61. The van der Waals surface area contributed by atoms with Crippen LogP contribution in [-0.2, 0) is 15.6 Å². The minimum atomic E-state index is -0.669. The van der Waals surface area contributed by atoms with Crippen LogP contribution < -0.4 is 5.32 Å². The third kappa shape index (κ3) is 1.93. The van der Waals surface area contributed by atoms with Gasteiger partial charge in [0.1, 0.15) is 0 Å². The molecule has 1 saturated carbocycles. The van der Waals surface area contributed by atoms with Crippen LogP contribution in [-0.4, -0.2) is 15.9 Å². The normalized spacial score (nSPS) is 27.0. The Hall–Kier alpha value is -2.75. The molecule has 2 aliphatic carbocycles. The summed E-state index contributed by atoms with van der Waals surface area (Å²) in [5.74, 6) is 0.0372. The van der Waals surface area contributed by atoms with Gasteiger partial charge in [0.05, 0.1) is 27.8 Å². The van der Waals surface area contributed by atoms with E-state index in [1.165, 1.54) is 0 Å². The zero-order valence-electron chi connectivity index (χ0n) is 16.8. The molecule has 2 bridgehead atoms. The molecule has 2 unspecified atom stereocenters. The average Bonchev–Trinajstić information content (AvgIpc) is 2.96. The lowest BCUT2D eigenvalue weighted by Crippen LogP contribution is -2.48. The number of hydrogen-bond acceptors (Lipinski definition) is 3. The van der Waals surface area contributed by atoms with E-state index in [0.29, 0.717) is 0 Å². The van der Waals surface area contributed by atoms with E-state index in [9.17, 15) is 4.79 Å². The molecule has 28 heavy (non-hydrogen) atoms. The van der Waals surface area contributed by atoms with Crippen molar-refractivity contribution < 1.29 is 4.79 Å². The van der Waals surface area contributed by atoms with Gasteiger partial charge in [-0.25, -0.2) is 9.97 Å². The Morgan fingerprint density at radius 1 is 0.929 bits per heavy atom. The highest BCUT2D eigenvalue weighted by Gasteiger charge is 2.73. The van der Waals surface area contributed by atoms with E-state index in [1.54, 1.807) is 0 Å². The van der Waals surface area contributed by atoms with Gasteiger partial charge in [-0.2, -0.15) is 0 Å². The first kappa shape index (κ1) is 17.4. The number of para-hydroxylation sites is 2. The van der Waals surface area contributed by atoms with Crippen LogP contribution in [0.2, 0.25) is 0 Å². The van der Waals surface area contributed by atoms with Crippen LogP contribution in [0.25, 0.3) is 11.0 Å². The minimum absolute atomic E-state index is 0.0372. The molecule has 4 nitrogen and oxygen atoms in total. The van der Waals surface area contributed by atoms with Gasteiger partial charge in [0, 0.05) is 11.1 Å². The van der Waals surface area contributed by atoms with E-state index in [-0.39, 0.29) is 16.7 Å². The maximum Gasteiger partial charge on any atom is 0.237 e. The average molecular weight is 371 g/mol. The molecular formula is C24H25N3O. The molecule has 5 rings (SSSR count). The van der Waals surface area contributed by atoms with Gasteiger partial charge in [-0.1, -0.05) is 45.0 Å². The largest absolute Gasteiger partial charge is 0.325 e. The molecule has 2 aliphatic rings. The van der Waals surface area contributed by atoms with E-state index in [1.807, 2.05) is 55.5 Å². The smallest absolute Gasteiger partial charge is 0.237 e. The number of aromatic nitrogens is 2. The van der Waals surface area contributed by atoms with Gasteiger partial charge in [0.15, 0.2) is 0 Å². The van der Waals surface area contributed by atoms with Crippen LogP contribution >= 0.6 is 0 Å². The van der Waals surface area contributed by atoms with Crippen LogP contribution in [0.15, 0.2) is 48.5 Å². The van der Waals surface area contributed by atoms with Crippen molar-refractivity contribution in [2.75, 3.05) is 5.32 Å². The highest BCUT2D eigenvalue weighted by molar-refractivity contribution is 6.02. The van der Waals surface area contributed by atoms with Crippen molar-refractivity contribution in [2.45, 2.75) is 51.4 Å². The summed E-state index contributed by atoms with van der Waals surface area (Å²) >= 11 is 0. The van der Waals surface area contributed by atoms with Gasteiger partial charge in [-0.15, -0.1) is 0 Å². The fraction of sp³-hybridized carbons (Fsp3) is 0.375. The first-order valence-corrected chi connectivity index (χ1v) is 9.95. The lowest BCUT2D eigenvalue weighted by molar-refractivity contribution is -0.125. The van der Waals surface area contributed by atoms with E-state index in [2.05, 4.69) is 26.1 Å². The molecule has 2 aromatic carbocycles. The fourth-order valence-corrected chi connectivity index (χ4v) is 5.51. The SMILES string of the molecule is Cc1cccc(NC(=O)C23CCC(C)(c4nc5ccccc5nc42)C3(C)C)c1. The van der Waals surface area contributed by atoms with E-state index in [0.717, 1.165) is 46.5 Å². The van der Waals surface area contributed by atoms with Gasteiger partial charge in [-0.3, -0.25) is 4.79 Å². The summed E-state index contributed by atoms with van der Waals surface area (Å²) < 4.78 is 0. The number of carbonyl (C=O) groups is 1. The lowest BCUT2D eigenvalue weighted by atomic mass is 9.63. The van der Waals surface area contributed by atoms with Gasteiger partial charge >= 0.3 is 0 Å². The van der Waals surface area contributed by atoms with Crippen molar-refractivity contribution in [1.29, 1.82) is 0 Å². The molecular weight excluding hydrogens is 346 g/mol. The predicted molar refractivity (Wildman–Crippen MR) is 111 cm³/mol. The molecule has 1 aromatic heterocycles. The van der Waals surface area contributed by atoms with E-state index >= 15 is 0 Å². The molecule has 3 aromatic rings. The molecule has 1 heterocycles. The van der Waals surface area contributed by atoms with Crippen LogP contribution in [0.4, 0.5) is 5.69 Å². The van der Waals surface area contributed by atoms with Gasteiger partial charge < -0.3 is 5.32 Å². The molecule has 142 valence electrons. The molecule has 4 heteroatoms. The second-order valence-corrected chi connectivity index (χ2v) is 9.10. The molecule has 0 aliphatic heterocycles. The fourth-order valence-electron chi connectivity index (χ4n) is 5.51. The number of nitrogens with one attached hydrogen (secondary N) is 1. The number of hydrogen-bond donors (Lipinski definition) is 1. The quantitative estimate of drug-likeness (QED) is 0.697. The second-order valence-electron chi connectivity index (χ2n) is 9.10. The Morgan fingerprint density at radius 3 is 2.29 bits per heavy atom. The molecule has 1 fully saturated rings. The Morgan fingerprint density at radius 2 is 1.61 bits per heavy atom. The second kappa shape index (κ2) is 5.40. The molecule has 0 radical (unpaired) electrons. The minimum Gasteiger partial charge on any atom is -0.325 e. The highest BCUT2D eigenvalue weighted by atomic mass is 16.2. The van der Waals surface area contributed by atoms with Crippen LogP contribution in [0.5, 0.6) is 0 Å². The number of fused-ring (bicyclic) bond motifs is 6. The Kier molecular flexibility index (Phi) is 3.35. The standard InChI is InChI=1S/C24H25N3O/c1-15-8-7-9-16(14-15)25-21(28)24-13-12-23(4,22(24,2)3)19-20(24)27-18-11-6-5-10-17(18)26-19/h5-11,14H,12-13H2,1-4H3,(H,25,28). The molecule has 1 N–H and O–H groups in total. The summed E-state index contributed by atoms with van der Waals surface area (Å²) in [4.78, 5) is 23.8. The maximum absolute atomic E-state index is 13.8. The lowest BCUT2D eigenvalue weighted by Gasteiger charge is -2.39. The van der Waals surface area contributed by atoms with E-state index < -0.39 is 5.41 Å². The van der Waals surface area contributed by atoms with Crippen LogP contribution in [0.1, 0.15) is 50.6 Å². The van der Waals surface area contributed by atoms with Crippen molar-refractivity contribution >= 4 is 22.6 Å². The van der Waals surface area contributed by atoms with Crippen molar-refractivity contribution in [3.05, 3.63) is 65.5 Å². The molecule has 0 spiro atoms. The van der Waals surface area contributed by atoms with Crippen molar-refractivity contribution in [3.8, 4) is 0 Å². The Bertz CT molecular complexity index is 1140. The highest BCUT2D eigenvalue weighted by Crippen LogP contribution is 2.70. The Balaban J connectivity index is 1.70. The molecule has 0 saturated heterocycles. The van der Waals surface area contributed by atoms with Gasteiger partial charge in [0.25, 0.3) is 0 Å². The molecule has 2 atom stereocenters. The summed E-state index contributed by atoms with van der Waals surface area (Å²) in [6, 6.07) is 15.9. The monoisotopic (exact) mass is 371 g/mol. The summed E-state index contributed by atoms with van der Waals surface area (Å²) in [6.07, 6.45) is 1.75. The molecule has 1 amide bonds. The van der Waals surface area contributed by atoms with Crippen molar-refractivity contribution in [2.24, 2.45) is 5.41 Å².